The van der Waals surface area contributed by atoms with Crippen molar-refractivity contribution >= 4 is 33.2 Å². The maximum Gasteiger partial charge on any atom is 0.257 e. The van der Waals surface area contributed by atoms with Crippen molar-refractivity contribution in [2.45, 2.75) is 51.7 Å². The van der Waals surface area contributed by atoms with E-state index in [1.165, 1.54) is 29.6 Å². The summed E-state index contributed by atoms with van der Waals surface area (Å²) in [4.78, 5) is 12.8. The van der Waals surface area contributed by atoms with Crippen LogP contribution in [0.5, 0.6) is 5.75 Å². The summed E-state index contributed by atoms with van der Waals surface area (Å²) in [6.45, 7) is 9.27. The number of benzene rings is 2. The Morgan fingerprint density at radius 2 is 1.76 bits per heavy atom. The van der Waals surface area contributed by atoms with Gasteiger partial charge in [-0.05, 0) is 76.6 Å². The summed E-state index contributed by atoms with van der Waals surface area (Å²) in [5.41, 5.74) is 1.50. The first-order chi connectivity index (χ1) is 13.4. The number of nitrogens with one attached hydrogen (secondary N) is 1. The van der Waals surface area contributed by atoms with Crippen LogP contribution in [0.4, 0.5) is 5.69 Å². The van der Waals surface area contributed by atoms with Crippen LogP contribution in [-0.2, 0) is 10.0 Å². The second-order valence-corrected chi connectivity index (χ2v) is 9.76. The molecule has 0 aliphatic carbocycles. The molecule has 2 aromatic rings. The van der Waals surface area contributed by atoms with E-state index in [0.717, 1.165) is 5.56 Å². The van der Waals surface area contributed by atoms with Crippen LogP contribution in [0.3, 0.4) is 0 Å². The maximum atomic E-state index is 12.8. The minimum Gasteiger partial charge on any atom is -0.491 e. The van der Waals surface area contributed by atoms with E-state index in [2.05, 4.69) is 5.32 Å². The fourth-order valence-corrected chi connectivity index (χ4v) is 4.19. The Morgan fingerprint density at radius 3 is 2.31 bits per heavy atom. The number of amides is 1. The summed E-state index contributed by atoms with van der Waals surface area (Å²) in [5.74, 6) is 0.221. The van der Waals surface area contributed by atoms with Crippen molar-refractivity contribution in [3.8, 4) is 5.75 Å². The lowest BCUT2D eigenvalue weighted by Crippen LogP contribution is -2.33. The second kappa shape index (κ2) is 9.15. The molecule has 0 saturated carbocycles. The SMILES string of the molecule is Cc1cc(OC(C)C)ccc1NC(=O)c1cc(S(=O)(=O)N(C)C(C)C)ccc1Cl. The molecule has 6 nitrogen and oxygen atoms in total. The normalized spacial score (nSPS) is 11.9. The summed E-state index contributed by atoms with van der Waals surface area (Å²) < 4.78 is 32.4. The Hall–Kier alpha value is -2.09. The van der Waals surface area contributed by atoms with Gasteiger partial charge in [-0.15, -0.1) is 0 Å². The summed E-state index contributed by atoms with van der Waals surface area (Å²) in [6, 6.07) is 9.24. The van der Waals surface area contributed by atoms with Gasteiger partial charge in [-0.25, -0.2) is 8.42 Å². The molecule has 0 radical (unpaired) electrons. The molecule has 0 aliphatic heterocycles. The van der Waals surface area contributed by atoms with Crippen LogP contribution in [0.2, 0.25) is 5.02 Å². The number of ether oxygens (including phenoxy) is 1. The van der Waals surface area contributed by atoms with Crippen molar-refractivity contribution in [2.75, 3.05) is 12.4 Å². The molecule has 158 valence electrons. The van der Waals surface area contributed by atoms with E-state index in [9.17, 15) is 13.2 Å². The van der Waals surface area contributed by atoms with Gasteiger partial charge >= 0.3 is 0 Å². The van der Waals surface area contributed by atoms with E-state index in [0.29, 0.717) is 11.4 Å². The van der Waals surface area contributed by atoms with Crippen LogP contribution in [0.1, 0.15) is 43.6 Å². The Morgan fingerprint density at radius 1 is 1.10 bits per heavy atom. The van der Waals surface area contributed by atoms with Gasteiger partial charge in [-0.3, -0.25) is 4.79 Å². The predicted molar refractivity (Wildman–Crippen MR) is 116 cm³/mol. The van der Waals surface area contributed by atoms with Crippen molar-refractivity contribution in [1.82, 2.24) is 4.31 Å². The zero-order chi connectivity index (χ0) is 21.9. The summed E-state index contributed by atoms with van der Waals surface area (Å²) in [5, 5.41) is 2.96. The molecule has 0 unspecified atom stereocenters. The highest BCUT2D eigenvalue weighted by Gasteiger charge is 2.25. The Labute approximate surface area is 177 Å². The van der Waals surface area contributed by atoms with Gasteiger partial charge in [0.2, 0.25) is 10.0 Å². The number of anilines is 1. The van der Waals surface area contributed by atoms with E-state index in [1.54, 1.807) is 26.0 Å². The Bertz CT molecular complexity index is 1000. The Balaban J connectivity index is 2.32. The standard InChI is InChI=1S/C21H27ClN2O4S/c1-13(2)24(6)29(26,27)17-8-9-19(22)18(12-17)21(25)23-20-10-7-16(11-15(20)5)28-14(3)4/h7-14H,1-6H3,(H,23,25). The highest BCUT2D eigenvalue weighted by molar-refractivity contribution is 7.89. The topological polar surface area (TPSA) is 75.7 Å². The van der Waals surface area contributed by atoms with Gasteiger partial charge < -0.3 is 10.1 Å². The molecule has 0 saturated heterocycles. The van der Waals surface area contributed by atoms with Crippen LogP contribution in [-0.4, -0.2) is 37.8 Å². The lowest BCUT2D eigenvalue weighted by atomic mass is 10.1. The molecule has 0 bridgehead atoms. The third kappa shape index (κ3) is 5.50. The lowest BCUT2D eigenvalue weighted by Gasteiger charge is -2.21. The third-order valence-electron chi connectivity index (χ3n) is 4.40. The molecule has 1 N–H and O–H groups in total. The smallest absolute Gasteiger partial charge is 0.257 e. The molecule has 2 aromatic carbocycles. The van der Waals surface area contributed by atoms with Gasteiger partial charge in [0.25, 0.3) is 5.91 Å². The molecule has 2 rings (SSSR count). The number of aryl methyl sites for hydroxylation is 1. The average molecular weight is 439 g/mol. The van der Waals surface area contributed by atoms with Crippen LogP contribution in [0.15, 0.2) is 41.3 Å². The lowest BCUT2D eigenvalue weighted by molar-refractivity contribution is 0.102. The quantitative estimate of drug-likeness (QED) is 0.678. The number of carbonyl (C=O) groups excluding carboxylic acids is 1. The summed E-state index contributed by atoms with van der Waals surface area (Å²) >= 11 is 6.18. The average Bonchev–Trinajstić information content (AvgIpc) is 2.62. The molecule has 0 fully saturated rings. The molecule has 29 heavy (non-hydrogen) atoms. The van der Waals surface area contributed by atoms with Crippen LogP contribution < -0.4 is 10.1 Å². The minimum absolute atomic E-state index is 0.0145. The number of sulfonamides is 1. The van der Waals surface area contributed by atoms with Gasteiger partial charge in [0.1, 0.15) is 5.75 Å². The first-order valence-corrected chi connectivity index (χ1v) is 11.1. The molecule has 1 amide bonds. The Kier molecular flexibility index (Phi) is 7.32. The predicted octanol–water partition coefficient (Wildman–Crippen LogP) is 4.72. The highest BCUT2D eigenvalue weighted by Crippen LogP contribution is 2.26. The van der Waals surface area contributed by atoms with Crippen LogP contribution >= 0.6 is 11.6 Å². The number of halogens is 1. The van der Waals surface area contributed by atoms with Crippen molar-refractivity contribution in [1.29, 1.82) is 0 Å². The van der Waals surface area contributed by atoms with Gasteiger partial charge in [0.05, 0.1) is 21.6 Å². The monoisotopic (exact) mass is 438 g/mol. The van der Waals surface area contributed by atoms with Crippen molar-refractivity contribution in [2.24, 2.45) is 0 Å². The number of rotatable bonds is 7. The van der Waals surface area contributed by atoms with Crippen molar-refractivity contribution in [3.05, 3.63) is 52.5 Å². The number of hydrogen-bond donors (Lipinski definition) is 1. The zero-order valence-corrected chi connectivity index (χ0v) is 19.1. The van der Waals surface area contributed by atoms with Crippen molar-refractivity contribution < 1.29 is 17.9 Å². The molecule has 0 aromatic heterocycles. The fourth-order valence-electron chi connectivity index (χ4n) is 2.59. The van der Waals surface area contributed by atoms with Gasteiger partial charge in [-0.1, -0.05) is 11.6 Å². The zero-order valence-electron chi connectivity index (χ0n) is 17.5. The van der Waals surface area contributed by atoms with Crippen molar-refractivity contribution in [3.63, 3.8) is 0 Å². The summed E-state index contributed by atoms with van der Waals surface area (Å²) in [6.07, 6.45) is 0.0438. The molecular weight excluding hydrogens is 412 g/mol. The second-order valence-electron chi connectivity index (χ2n) is 7.35. The molecule has 0 atom stereocenters. The first-order valence-electron chi connectivity index (χ1n) is 9.29. The fraction of sp³-hybridized carbons (Fsp3) is 0.381. The molecule has 0 aliphatic rings. The van der Waals surface area contributed by atoms with Crippen LogP contribution in [0, 0.1) is 6.92 Å². The molecule has 0 spiro atoms. The molecule has 8 heteroatoms. The van der Waals surface area contributed by atoms with E-state index >= 15 is 0 Å². The van der Waals surface area contributed by atoms with E-state index in [-0.39, 0.29) is 27.6 Å². The molecular formula is C21H27ClN2O4S. The van der Waals surface area contributed by atoms with Gasteiger partial charge in [0.15, 0.2) is 0 Å². The largest absolute Gasteiger partial charge is 0.491 e. The maximum absolute atomic E-state index is 12.8. The van der Waals surface area contributed by atoms with Gasteiger partial charge in [-0.2, -0.15) is 4.31 Å². The van der Waals surface area contributed by atoms with Gasteiger partial charge in [0, 0.05) is 18.8 Å². The number of nitrogens with zero attached hydrogens (tertiary/aromatic N) is 1. The number of hydrogen-bond acceptors (Lipinski definition) is 4. The van der Waals surface area contributed by atoms with E-state index in [4.69, 9.17) is 16.3 Å². The van der Waals surface area contributed by atoms with E-state index < -0.39 is 15.9 Å². The van der Waals surface area contributed by atoms with Crippen LogP contribution in [0.25, 0.3) is 0 Å². The highest BCUT2D eigenvalue weighted by atomic mass is 35.5. The third-order valence-corrected chi connectivity index (χ3v) is 6.76. The molecule has 0 heterocycles. The first kappa shape index (κ1) is 23.2. The summed E-state index contributed by atoms with van der Waals surface area (Å²) in [7, 11) is -2.23. The minimum atomic E-state index is -3.73. The van der Waals surface area contributed by atoms with E-state index in [1.807, 2.05) is 26.8 Å². The number of carbonyl (C=O) groups is 1.